The van der Waals surface area contributed by atoms with Crippen LogP contribution in [0.15, 0.2) is 0 Å². The number of amides is 2. The molecule has 0 aromatic carbocycles. The molecule has 2 fully saturated rings. The minimum absolute atomic E-state index is 0.0663. The molecule has 4 nitrogen and oxygen atoms in total. The van der Waals surface area contributed by atoms with Crippen molar-refractivity contribution in [2.75, 3.05) is 19.6 Å². The van der Waals surface area contributed by atoms with E-state index in [1.807, 2.05) is 4.90 Å². The molecule has 2 unspecified atom stereocenters. The zero-order chi connectivity index (χ0) is 12.5. The molecule has 1 spiro atoms. The molecule has 0 aromatic rings. The molecule has 1 aliphatic carbocycles. The van der Waals surface area contributed by atoms with Gasteiger partial charge in [0.25, 0.3) is 0 Å². The predicted octanol–water partition coefficient (Wildman–Crippen LogP) is 1.16. The maximum atomic E-state index is 11.9. The van der Waals surface area contributed by atoms with Crippen LogP contribution in [0.25, 0.3) is 0 Å². The third-order valence-corrected chi connectivity index (χ3v) is 4.23. The lowest BCUT2D eigenvalue weighted by Crippen LogP contribution is -2.39. The van der Waals surface area contributed by atoms with Crippen LogP contribution >= 0.6 is 0 Å². The number of likely N-dealkylation sites (tertiary alicyclic amines) is 1. The Balaban J connectivity index is 1.85. The van der Waals surface area contributed by atoms with Crippen molar-refractivity contribution in [3.63, 3.8) is 0 Å². The summed E-state index contributed by atoms with van der Waals surface area (Å²) in [6, 6.07) is 0. The lowest BCUT2D eigenvalue weighted by molar-refractivity contribution is -0.131. The fourth-order valence-corrected chi connectivity index (χ4v) is 3.33. The molecule has 2 amide bonds. The highest BCUT2D eigenvalue weighted by Gasteiger charge is 2.43. The normalized spacial score (nSPS) is 32.1. The molecule has 0 aromatic heterocycles. The van der Waals surface area contributed by atoms with E-state index in [2.05, 4.69) is 12.2 Å². The fourth-order valence-electron chi connectivity index (χ4n) is 3.33. The zero-order valence-electron chi connectivity index (χ0n) is 10.8. The van der Waals surface area contributed by atoms with Crippen molar-refractivity contribution in [3.05, 3.63) is 0 Å². The van der Waals surface area contributed by atoms with Gasteiger partial charge in [-0.15, -0.1) is 0 Å². The van der Waals surface area contributed by atoms with Gasteiger partial charge in [-0.25, -0.2) is 0 Å². The van der Waals surface area contributed by atoms with Crippen molar-refractivity contribution < 1.29 is 9.59 Å². The molecule has 2 rings (SSSR count). The van der Waals surface area contributed by atoms with E-state index in [4.69, 9.17) is 0 Å². The average molecular weight is 238 g/mol. The molecule has 1 N–H and O–H groups in total. The molecule has 2 atom stereocenters. The molecule has 1 heterocycles. The van der Waals surface area contributed by atoms with Gasteiger partial charge in [-0.05, 0) is 30.6 Å². The highest BCUT2D eigenvalue weighted by Crippen LogP contribution is 2.47. The quantitative estimate of drug-likeness (QED) is 0.785. The summed E-state index contributed by atoms with van der Waals surface area (Å²) >= 11 is 0. The summed E-state index contributed by atoms with van der Waals surface area (Å²) < 4.78 is 0. The smallest absolute Gasteiger partial charge is 0.241 e. The molecule has 96 valence electrons. The third-order valence-electron chi connectivity index (χ3n) is 4.23. The topological polar surface area (TPSA) is 49.4 Å². The first kappa shape index (κ1) is 12.4. The second-order valence-corrected chi connectivity index (χ2v) is 5.82. The Labute approximate surface area is 103 Å². The first-order chi connectivity index (χ1) is 8.01. The summed E-state index contributed by atoms with van der Waals surface area (Å²) in [5, 5.41) is 2.58. The van der Waals surface area contributed by atoms with Gasteiger partial charge < -0.3 is 10.2 Å². The monoisotopic (exact) mass is 238 g/mol. The van der Waals surface area contributed by atoms with Crippen LogP contribution in [0.2, 0.25) is 0 Å². The first-order valence-corrected chi connectivity index (χ1v) is 6.53. The highest BCUT2D eigenvalue weighted by molar-refractivity contribution is 5.83. The SMILES string of the molecule is CC(=O)NCC(=O)N1CCC2(CCC(C)C2)C1. The van der Waals surface area contributed by atoms with Crippen molar-refractivity contribution >= 4 is 11.8 Å². The zero-order valence-corrected chi connectivity index (χ0v) is 10.8. The van der Waals surface area contributed by atoms with Gasteiger partial charge >= 0.3 is 0 Å². The number of carbonyl (C=O) groups excluding carboxylic acids is 2. The van der Waals surface area contributed by atoms with Crippen LogP contribution in [0.5, 0.6) is 0 Å². The summed E-state index contributed by atoms with van der Waals surface area (Å²) in [7, 11) is 0. The number of carbonyl (C=O) groups is 2. The van der Waals surface area contributed by atoms with E-state index in [-0.39, 0.29) is 18.4 Å². The van der Waals surface area contributed by atoms with E-state index in [0.29, 0.717) is 5.41 Å². The minimum atomic E-state index is -0.137. The lowest BCUT2D eigenvalue weighted by atomic mass is 9.85. The number of nitrogens with one attached hydrogen (secondary N) is 1. The molecule has 1 saturated carbocycles. The van der Waals surface area contributed by atoms with E-state index in [1.54, 1.807) is 0 Å². The van der Waals surface area contributed by atoms with Crippen molar-refractivity contribution in [1.29, 1.82) is 0 Å². The minimum Gasteiger partial charge on any atom is -0.347 e. The van der Waals surface area contributed by atoms with Crippen LogP contribution < -0.4 is 5.32 Å². The van der Waals surface area contributed by atoms with Crippen molar-refractivity contribution in [2.45, 2.75) is 39.5 Å². The largest absolute Gasteiger partial charge is 0.347 e. The van der Waals surface area contributed by atoms with Gasteiger partial charge in [0.15, 0.2) is 0 Å². The first-order valence-electron chi connectivity index (χ1n) is 6.53. The van der Waals surface area contributed by atoms with Crippen LogP contribution in [0.1, 0.15) is 39.5 Å². The van der Waals surface area contributed by atoms with Gasteiger partial charge in [0.1, 0.15) is 0 Å². The van der Waals surface area contributed by atoms with Gasteiger partial charge in [-0.2, -0.15) is 0 Å². The Kier molecular flexibility index (Phi) is 3.40. The Morgan fingerprint density at radius 3 is 2.76 bits per heavy atom. The van der Waals surface area contributed by atoms with Crippen LogP contribution in [-0.2, 0) is 9.59 Å². The van der Waals surface area contributed by atoms with Crippen molar-refractivity contribution in [3.8, 4) is 0 Å². The Morgan fingerprint density at radius 2 is 2.18 bits per heavy atom. The third kappa shape index (κ3) is 2.79. The molecule has 1 saturated heterocycles. The van der Waals surface area contributed by atoms with Crippen molar-refractivity contribution in [1.82, 2.24) is 10.2 Å². The van der Waals surface area contributed by atoms with Crippen molar-refractivity contribution in [2.24, 2.45) is 11.3 Å². The van der Waals surface area contributed by atoms with E-state index >= 15 is 0 Å². The molecule has 2 aliphatic rings. The van der Waals surface area contributed by atoms with Gasteiger partial charge in [-0.1, -0.05) is 13.3 Å². The molecule has 17 heavy (non-hydrogen) atoms. The number of hydrogen-bond acceptors (Lipinski definition) is 2. The van der Waals surface area contributed by atoms with Crippen LogP contribution in [0.4, 0.5) is 0 Å². The number of hydrogen-bond donors (Lipinski definition) is 1. The van der Waals surface area contributed by atoms with Gasteiger partial charge in [0.2, 0.25) is 11.8 Å². The fraction of sp³-hybridized carbons (Fsp3) is 0.846. The standard InChI is InChI=1S/C13H22N2O2/c1-10-3-4-13(7-10)5-6-15(9-13)12(17)8-14-11(2)16/h10H,3-9H2,1-2H3,(H,14,16). The predicted molar refractivity (Wildman–Crippen MR) is 65.3 cm³/mol. The van der Waals surface area contributed by atoms with Gasteiger partial charge in [-0.3, -0.25) is 9.59 Å². The maximum Gasteiger partial charge on any atom is 0.241 e. The Hall–Kier alpha value is -1.06. The summed E-state index contributed by atoms with van der Waals surface area (Å²) in [5.41, 5.74) is 0.394. The molecule has 4 heteroatoms. The summed E-state index contributed by atoms with van der Waals surface area (Å²) in [5.74, 6) is 0.735. The number of nitrogens with zero attached hydrogens (tertiary/aromatic N) is 1. The molecule has 0 bridgehead atoms. The van der Waals surface area contributed by atoms with E-state index in [0.717, 1.165) is 25.4 Å². The molecule has 1 aliphatic heterocycles. The van der Waals surface area contributed by atoms with Crippen LogP contribution in [-0.4, -0.2) is 36.3 Å². The highest BCUT2D eigenvalue weighted by atomic mass is 16.2. The van der Waals surface area contributed by atoms with E-state index in [1.165, 1.54) is 26.2 Å². The summed E-state index contributed by atoms with van der Waals surface area (Å²) in [6.07, 6.45) is 4.96. The number of rotatable bonds is 2. The van der Waals surface area contributed by atoms with Crippen LogP contribution in [0, 0.1) is 11.3 Å². The molecule has 0 radical (unpaired) electrons. The molecular formula is C13H22N2O2. The van der Waals surface area contributed by atoms with Gasteiger partial charge in [0.05, 0.1) is 6.54 Å². The van der Waals surface area contributed by atoms with E-state index < -0.39 is 0 Å². The molecular weight excluding hydrogens is 216 g/mol. The van der Waals surface area contributed by atoms with Crippen LogP contribution in [0.3, 0.4) is 0 Å². The Morgan fingerprint density at radius 1 is 1.41 bits per heavy atom. The average Bonchev–Trinajstić information content (AvgIpc) is 2.83. The lowest BCUT2D eigenvalue weighted by Gasteiger charge is -2.24. The maximum absolute atomic E-state index is 11.9. The second-order valence-electron chi connectivity index (χ2n) is 5.82. The summed E-state index contributed by atoms with van der Waals surface area (Å²) in [4.78, 5) is 24.6. The Bertz CT molecular complexity index is 329. The summed E-state index contributed by atoms with van der Waals surface area (Å²) in [6.45, 7) is 5.66. The van der Waals surface area contributed by atoms with E-state index in [9.17, 15) is 9.59 Å². The second kappa shape index (κ2) is 4.67. The van der Waals surface area contributed by atoms with Gasteiger partial charge in [0, 0.05) is 20.0 Å².